The van der Waals surface area contributed by atoms with Crippen molar-refractivity contribution in [3.05, 3.63) is 28.2 Å². The highest BCUT2D eigenvalue weighted by molar-refractivity contribution is 7.89. The third-order valence-electron chi connectivity index (χ3n) is 2.35. The predicted octanol–water partition coefficient (Wildman–Crippen LogP) is 2.29. The molecular formula is C11H15Cl2NO3S. The van der Waals surface area contributed by atoms with Crippen molar-refractivity contribution in [2.45, 2.75) is 18.7 Å². The highest BCUT2D eigenvalue weighted by Gasteiger charge is 2.23. The van der Waals surface area contributed by atoms with Crippen LogP contribution in [0.15, 0.2) is 23.1 Å². The van der Waals surface area contributed by atoms with Gasteiger partial charge in [-0.3, -0.25) is 0 Å². The zero-order chi connectivity index (χ0) is 14.0. The molecule has 7 heteroatoms. The van der Waals surface area contributed by atoms with Gasteiger partial charge < -0.3 is 5.11 Å². The first kappa shape index (κ1) is 15.7. The minimum atomic E-state index is -3.73. The summed E-state index contributed by atoms with van der Waals surface area (Å²) in [6.45, 7) is 3.47. The summed E-state index contributed by atoms with van der Waals surface area (Å²) in [5, 5.41) is 9.48. The SMILES string of the molecule is CC(C)(CO)CNS(=O)(=O)c1cc(Cl)ccc1Cl. The van der Waals surface area contributed by atoms with Gasteiger partial charge in [-0.2, -0.15) is 0 Å². The summed E-state index contributed by atoms with van der Waals surface area (Å²) < 4.78 is 26.5. The summed E-state index contributed by atoms with van der Waals surface area (Å²) in [5.41, 5.74) is -0.544. The molecule has 0 amide bonds. The van der Waals surface area contributed by atoms with Crippen LogP contribution in [0.1, 0.15) is 13.8 Å². The molecule has 0 aliphatic carbocycles. The fourth-order valence-electron chi connectivity index (χ4n) is 1.11. The maximum absolute atomic E-state index is 12.0. The molecule has 1 aromatic carbocycles. The van der Waals surface area contributed by atoms with Crippen LogP contribution in [0.5, 0.6) is 0 Å². The first-order valence-electron chi connectivity index (χ1n) is 5.23. The lowest BCUT2D eigenvalue weighted by Gasteiger charge is -2.22. The van der Waals surface area contributed by atoms with Crippen molar-refractivity contribution in [3.8, 4) is 0 Å². The Hall–Kier alpha value is -0.330. The lowest BCUT2D eigenvalue weighted by atomic mass is 9.96. The standard InChI is InChI=1S/C11H15Cl2NO3S/c1-11(2,7-15)6-14-18(16,17)10-5-8(12)3-4-9(10)13/h3-5,14-15H,6-7H2,1-2H3. The van der Waals surface area contributed by atoms with Crippen LogP contribution < -0.4 is 4.72 Å². The second-order valence-corrected chi connectivity index (χ2v) is 7.30. The van der Waals surface area contributed by atoms with Gasteiger partial charge in [0.1, 0.15) is 4.90 Å². The Morgan fingerprint density at radius 3 is 2.50 bits per heavy atom. The molecule has 0 unspecified atom stereocenters. The van der Waals surface area contributed by atoms with E-state index >= 15 is 0 Å². The molecule has 0 heterocycles. The van der Waals surface area contributed by atoms with Crippen LogP contribution in [-0.4, -0.2) is 26.7 Å². The minimum Gasteiger partial charge on any atom is -0.396 e. The van der Waals surface area contributed by atoms with Crippen molar-refractivity contribution in [1.82, 2.24) is 4.72 Å². The van der Waals surface area contributed by atoms with Crippen molar-refractivity contribution in [3.63, 3.8) is 0 Å². The molecular weight excluding hydrogens is 297 g/mol. The van der Waals surface area contributed by atoms with Gasteiger partial charge in [0.05, 0.1) is 5.02 Å². The Bertz CT molecular complexity index is 529. The third kappa shape index (κ3) is 4.10. The Morgan fingerprint density at radius 1 is 1.33 bits per heavy atom. The molecule has 0 bridgehead atoms. The largest absolute Gasteiger partial charge is 0.396 e. The van der Waals surface area contributed by atoms with Crippen LogP contribution in [0.4, 0.5) is 0 Å². The van der Waals surface area contributed by atoms with Crippen LogP contribution in [0.25, 0.3) is 0 Å². The lowest BCUT2D eigenvalue weighted by molar-refractivity contribution is 0.163. The van der Waals surface area contributed by atoms with Gasteiger partial charge in [-0.15, -0.1) is 0 Å². The van der Waals surface area contributed by atoms with Gasteiger partial charge in [0.25, 0.3) is 0 Å². The molecule has 0 spiro atoms. The van der Waals surface area contributed by atoms with Crippen molar-refractivity contribution in [2.75, 3.05) is 13.2 Å². The maximum atomic E-state index is 12.0. The number of halogens is 2. The van der Waals surface area contributed by atoms with Crippen molar-refractivity contribution < 1.29 is 13.5 Å². The average Bonchev–Trinajstić information content (AvgIpc) is 2.30. The molecule has 0 aliphatic heterocycles. The molecule has 2 N–H and O–H groups in total. The number of aliphatic hydroxyl groups is 1. The van der Waals surface area contributed by atoms with E-state index < -0.39 is 15.4 Å². The monoisotopic (exact) mass is 311 g/mol. The van der Waals surface area contributed by atoms with Crippen molar-refractivity contribution in [2.24, 2.45) is 5.41 Å². The van der Waals surface area contributed by atoms with Crippen LogP contribution in [-0.2, 0) is 10.0 Å². The highest BCUT2D eigenvalue weighted by Crippen LogP contribution is 2.25. The van der Waals surface area contributed by atoms with E-state index in [1.807, 2.05) is 0 Å². The number of hydrogen-bond acceptors (Lipinski definition) is 3. The minimum absolute atomic E-state index is 0.0644. The maximum Gasteiger partial charge on any atom is 0.242 e. The quantitative estimate of drug-likeness (QED) is 0.876. The van der Waals surface area contributed by atoms with E-state index in [2.05, 4.69) is 4.72 Å². The summed E-state index contributed by atoms with van der Waals surface area (Å²) in [6.07, 6.45) is 0. The van der Waals surface area contributed by atoms with Crippen LogP contribution in [0, 0.1) is 5.41 Å². The van der Waals surface area contributed by atoms with E-state index in [-0.39, 0.29) is 23.1 Å². The molecule has 102 valence electrons. The molecule has 0 radical (unpaired) electrons. The number of sulfonamides is 1. The van der Waals surface area contributed by atoms with E-state index in [0.717, 1.165) is 0 Å². The fourth-order valence-corrected chi connectivity index (χ4v) is 3.11. The van der Waals surface area contributed by atoms with Gasteiger partial charge in [-0.25, -0.2) is 13.1 Å². The van der Waals surface area contributed by atoms with E-state index in [0.29, 0.717) is 5.02 Å². The third-order valence-corrected chi connectivity index (χ3v) is 4.47. The number of aliphatic hydroxyl groups excluding tert-OH is 1. The Labute approximate surface area is 117 Å². The molecule has 0 fully saturated rings. The summed E-state index contributed by atoms with van der Waals surface area (Å²) in [7, 11) is -3.73. The summed E-state index contributed by atoms with van der Waals surface area (Å²) >= 11 is 11.6. The number of nitrogens with one attached hydrogen (secondary N) is 1. The van der Waals surface area contributed by atoms with Gasteiger partial charge in [-0.1, -0.05) is 37.0 Å². The van der Waals surface area contributed by atoms with E-state index in [1.165, 1.54) is 18.2 Å². The summed E-state index contributed by atoms with van der Waals surface area (Å²) in [4.78, 5) is -0.0644. The van der Waals surface area contributed by atoms with Crippen LogP contribution in [0.2, 0.25) is 10.0 Å². The Morgan fingerprint density at radius 2 is 1.94 bits per heavy atom. The van der Waals surface area contributed by atoms with Gasteiger partial charge in [0.15, 0.2) is 0 Å². The average molecular weight is 312 g/mol. The van der Waals surface area contributed by atoms with Gasteiger partial charge in [0.2, 0.25) is 10.0 Å². The molecule has 0 aliphatic rings. The van der Waals surface area contributed by atoms with E-state index in [4.69, 9.17) is 28.3 Å². The summed E-state index contributed by atoms with van der Waals surface area (Å²) in [5.74, 6) is 0. The van der Waals surface area contributed by atoms with Crippen molar-refractivity contribution in [1.29, 1.82) is 0 Å². The number of hydrogen-bond donors (Lipinski definition) is 2. The fraction of sp³-hybridized carbons (Fsp3) is 0.455. The molecule has 1 aromatic rings. The molecule has 4 nitrogen and oxygen atoms in total. The zero-order valence-electron chi connectivity index (χ0n) is 10.1. The topological polar surface area (TPSA) is 66.4 Å². The number of benzene rings is 1. The van der Waals surface area contributed by atoms with Gasteiger partial charge in [0, 0.05) is 23.6 Å². The molecule has 0 aromatic heterocycles. The molecule has 0 saturated heterocycles. The lowest BCUT2D eigenvalue weighted by Crippen LogP contribution is -2.36. The predicted molar refractivity (Wildman–Crippen MR) is 72.5 cm³/mol. The molecule has 0 atom stereocenters. The first-order valence-corrected chi connectivity index (χ1v) is 7.47. The Kier molecular flexibility index (Phi) is 5.03. The first-order chi connectivity index (χ1) is 8.18. The highest BCUT2D eigenvalue weighted by atomic mass is 35.5. The second-order valence-electron chi connectivity index (χ2n) is 4.72. The van der Waals surface area contributed by atoms with E-state index in [1.54, 1.807) is 13.8 Å². The van der Waals surface area contributed by atoms with Crippen molar-refractivity contribution >= 4 is 33.2 Å². The second kappa shape index (κ2) is 5.75. The van der Waals surface area contributed by atoms with Gasteiger partial charge >= 0.3 is 0 Å². The van der Waals surface area contributed by atoms with E-state index in [9.17, 15) is 8.42 Å². The smallest absolute Gasteiger partial charge is 0.242 e. The zero-order valence-corrected chi connectivity index (χ0v) is 12.4. The normalized spacial score (nSPS) is 12.7. The van der Waals surface area contributed by atoms with Crippen LogP contribution in [0.3, 0.4) is 0 Å². The van der Waals surface area contributed by atoms with Gasteiger partial charge in [-0.05, 0) is 18.2 Å². The number of rotatable bonds is 5. The molecule has 1 rings (SSSR count). The summed E-state index contributed by atoms with van der Waals surface area (Å²) in [6, 6.07) is 4.23. The Balaban J connectivity index is 2.97. The molecule has 0 saturated carbocycles. The van der Waals surface area contributed by atoms with Crippen LogP contribution >= 0.6 is 23.2 Å². The molecule has 18 heavy (non-hydrogen) atoms.